The maximum Gasteiger partial charge on any atom is 0.317 e. The molecule has 0 aliphatic heterocycles. The zero-order chi connectivity index (χ0) is 13.5. The molecule has 3 N–H and O–H groups in total. The number of carbonyl (C=O) groups is 2. The molecule has 0 saturated heterocycles. The summed E-state index contributed by atoms with van der Waals surface area (Å²) in [7, 11) is 0. The smallest absolute Gasteiger partial charge is 0.317 e. The third kappa shape index (κ3) is 4.40. The molecule has 0 saturated carbocycles. The van der Waals surface area contributed by atoms with Crippen LogP contribution in [0.15, 0.2) is 12.5 Å². The SMILES string of the molecule is CCCC(SC(Cc1cnc[nH]1)C(=O)O)C(=O)O. The monoisotopic (exact) mass is 272 g/mol. The Labute approximate surface area is 109 Å². The van der Waals surface area contributed by atoms with Gasteiger partial charge in [-0.2, -0.15) is 0 Å². The summed E-state index contributed by atoms with van der Waals surface area (Å²) < 4.78 is 0. The molecule has 2 unspecified atom stereocenters. The van der Waals surface area contributed by atoms with E-state index in [0.717, 1.165) is 11.8 Å². The van der Waals surface area contributed by atoms with Crippen LogP contribution in [0.3, 0.4) is 0 Å². The fourth-order valence-corrected chi connectivity index (χ4v) is 2.78. The number of aromatic nitrogens is 2. The van der Waals surface area contributed by atoms with Gasteiger partial charge in [-0.15, -0.1) is 11.8 Å². The molecule has 0 amide bonds. The van der Waals surface area contributed by atoms with Crippen molar-refractivity contribution in [1.29, 1.82) is 0 Å². The van der Waals surface area contributed by atoms with Gasteiger partial charge in [0.1, 0.15) is 10.5 Å². The number of carboxylic acids is 2. The van der Waals surface area contributed by atoms with E-state index in [1.54, 1.807) is 6.20 Å². The lowest BCUT2D eigenvalue weighted by Gasteiger charge is -2.16. The van der Waals surface area contributed by atoms with Crippen LogP contribution >= 0.6 is 11.8 Å². The van der Waals surface area contributed by atoms with Gasteiger partial charge >= 0.3 is 11.9 Å². The van der Waals surface area contributed by atoms with Crippen molar-refractivity contribution in [2.24, 2.45) is 0 Å². The number of rotatable bonds is 8. The Hall–Kier alpha value is -1.50. The largest absolute Gasteiger partial charge is 0.480 e. The van der Waals surface area contributed by atoms with Crippen LogP contribution in [0.2, 0.25) is 0 Å². The van der Waals surface area contributed by atoms with Crippen LogP contribution in [-0.4, -0.2) is 42.6 Å². The van der Waals surface area contributed by atoms with E-state index in [4.69, 9.17) is 10.2 Å². The normalized spacial score (nSPS) is 14.1. The van der Waals surface area contributed by atoms with Crippen molar-refractivity contribution in [1.82, 2.24) is 9.97 Å². The number of thioether (sulfide) groups is 1. The summed E-state index contributed by atoms with van der Waals surface area (Å²) in [5.74, 6) is -1.96. The lowest BCUT2D eigenvalue weighted by molar-refractivity contribution is -0.136. The Morgan fingerprint density at radius 1 is 1.39 bits per heavy atom. The molecule has 18 heavy (non-hydrogen) atoms. The highest BCUT2D eigenvalue weighted by Gasteiger charge is 2.27. The molecule has 0 aliphatic carbocycles. The predicted molar refractivity (Wildman–Crippen MR) is 67.6 cm³/mol. The number of nitrogens with one attached hydrogen (secondary N) is 1. The topological polar surface area (TPSA) is 103 Å². The number of aromatic amines is 1. The molecule has 7 heteroatoms. The van der Waals surface area contributed by atoms with Crippen molar-refractivity contribution in [3.05, 3.63) is 18.2 Å². The summed E-state index contributed by atoms with van der Waals surface area (Å²) in [5.41, 5.74) is 0.690. The number of hydrogen-bond donors (Lipinski definition) is 3. The third-order valence-corrected chi connectivity index (χ3v) is 3.85. The molecule has 1 aromatic rings. The summed E-state index contributed by atoms with van der Waals surface area (Å²) in [6.07, 6.45) is 4.44. The van der Waals surface area contributed by atoms with Crippen LogP contribution < -0.4 is 0 Å². The van der Waals surface area contributed by atoms with Gasteiger partial charge in [-0.05, 0) is 6.42 Å². The van der Waals surface area contributed by atoms with E-state index in [1.807, 2.05) is 6.92 Å². The molecule has 1 heterocycles. The van der Waals surface area contributed by atoms with Gasteiger partial charge in [0, 0.05) is 18.3 Å². The van der Waals surface area contributed by atoms with E-state index in [0.29, 0.717) is 18.5 Å². The van der Waals surface area contributed by atoms with Crippen molar-refractivity contribution in [2.75, 3.05) is 0 Å². The number of imidazole rings is 1. The first-order chi connectivity index (χ1) is 8.54. The predicted octanol–water partition coefficient (Wildman–Crippen LogP) is 1.39. The number of H-pyrrole nitrogens is 1. The summed E-state index contributed by atoms with van der Waals surface area (Å²) in [6, 6.07) is 0. The van der Waals surface area contributed by atoms with Crippen molar-refractivity contribution in [3.8, 4) is 0 Å². The number of hydrogen-bond acceptors (Lipinski definition) is 4. The van der Waals surface area contributed by atoms with E-state index in [-0.39, 0.29) is 6.42 Å². The molecule has 1 rings (SSSR count). The van der Waals surface area contributed by atoms with E-state index < -0.39 is 22.4 Å². The minimum absolute atomic E-state index is 0.244. The molecule has 0 aliphatic rings. The van der Waals surface area contributed by atoms with Crippen molar-refractivity contribution < 1.29 is 19.8 Å². The second-order valence-corrected chi connectivity index (χ2v) is 5.27. The number of nitrogens with zero attached hydrogens (tertiary/aromatic N) is 1. The van der Waals surface area contributed by atoms with Gasteiger partial charge in [-0.3, -0.25) is 9.59 Å². The van der Waals surface area contributed by atoms with E-state index in [2.05, 4.69) is 9.97 Å². The van der Waals surface area contributed by atoms with Crippen molar-refractivity contribution >= 4 is 23.7 Å². The molecule has 100 valence electrons. The molecule has 0 aromatic carbocycles. The maximum atomic E-state index is 11.1. The summed E-state index contributed by atoms with van der Waals surface area (Å²) in [6.45, 7) is 1.88. The van der Waals surface area contributed by atoms with Crippen LogP contribution in [0.25, 0.3) is 0 Å². The first-order valence-electron chi connectivity index (χ1n) is 5.63. The quantitative estimate of drug-likeness (QED) is 0.660. The third-order valence-electron chi connectivity index (χ3n) is 2.39. The van der Waals surface area contributed by atoms with Crippen molar-refractivity contribution in [3.63, 3.8) is 0 Å². The Bertz CT molecular complexity index is 394. The summed E-state index contributed by atoms with van der Waals surface area (Å²) in [5, 5.41) is 16.7. The molecule has 2 atom stereocenters. The molecule has 0 radical (unpaired) electrons. The minimum Gasteiger partial charge on any atom is -0.480 e. The Balaban J connectivity index is 2.67. The highest BCUT2D eigenvalue weighted by atomic mass is 32.2. The standard InChI is InChI=1S/C11H16N2O4S/c1-2-3-8(10(14)15)18-9(11(16)17)4-7-5-12-6-13-7/h5-6,8-9H,2-4H2,1H3,(H,12,13)(H,14,15)(H,16,17). The average Bonchev–Trinajstić information content (AvgIpc) is 2.79. The van der Waals surface area contributed by atoms with E-state index >= 15 is 0 Å². The van der Waals surface area contributed by atoms with Gasteiger partial charge in [-0.25, -0.2) is 4.98 Å². The van der Waals surface area contributed by atoms with Crippen LogP contribution in [-0.2, 0) is 16.0 Å². The lowest BCUT2D eigenvalue weighted by atomic mass is 10.2. The fourth-order valence-electron chi connectivity index (χ4n) is 1.50. The second kappa shape index (κ2) is 7.05. The average molecular weight is 272 g/mol. The Kier molecular flexibility index (Phi) is 5.70. The molecule has 0 spiro atoms. The Morgan fingerprint density at radius 3 is 2.50 bits per heavy atom. The number of carboxylic acid groups (broad SMARTS) is 2. The first-order valence-corrected chi connectivity index (χ1v) is 6.57. The van der Waals surface area contributed by atoms with Gasteiger partial charge in [0.05, 0.1) is 6.33 Å². The molecular formula is C11H16N2O4S. The molecule has 0 bridgehead atoms. The summed E-state index contributed by atoms with van der Waals surface area (Å²) >= 11 is 0.982. The maximum absolute atomic E-state index is 11.1. The zero-order valence-corrected chi connectivity index (χ0v) is 10.8. The van der Waals surface area contributed by atoms with Crippen molar-refractivity contribution in [2.45, 2.75) is 36.7 Å². The van der Waals surface area contributed by atoms with Gasteiger partial charge in [0.2, 0.25) is 0 Å². The van der Waals surface area contributed by atoms with Gasteiger partial charge in [0.25, 0.3) is 0 Å². The van der Waals surface area contributed by atoms with Crippen LogP contribution in [0.5, 0.6) is 0 Å². The van der Waals surface area contributed by atoms with Crippen LogP contribution in [0.1, 0.15) is 25.5 Å². The van der Waals surface area contributed by atoms with Gasteiger partial charge in [-0.1, -0.05) is 13.3 Å². The van der Waals surface area contributed by atoms with E-state index in [9.17, 15) is 9.59 Å². The second-order valence-electron chi connectivity index (χ2n) is 3.86. The van der Waals surface area contributed by atoms with Gasteiger partial charge < -0.3 is 15.2 Å². The van der Waals surface area contributed by atoms with Gasteiger partial charge in [0.15, 0.2) is 0 Å². The highest BCUT2D eigenvalue weighted by molar-refractivity contribution is 8.01. The molecular weight excluding hydrogens is 256 g/mol. The lowest BCUT2D eigenvalue weighted by Crippen LogP contribution is -2.26. The van der Waals surface area contributed by atoms with E-state index in [1.165, 1.54) is 6.33 Å². The fraction of sp³-hybridized carbons (Fsp3) is 0.545. The Morgan fingerprint density at radius 2 is 2.06 bits per heavy atom. The highest BCUT2D eigenvalue weighted by Crippen LogP contribution is 2.25. The number of aliphatic carboxylic acids is 2. The minimum atomic E-state index is -1.00. The molecule has 6 nitrogen and oxygen atoms in total. The first kappa shape index (κ1) is 14.6. The summed E-state index contributed by atoms with van der Waals surface area (Å²) in [4.78, 5) is 28.8. The molecule has 0 fully saturated rings. The van der Waals surface area contributed by atoms with Crippen LogP contribution in [0.4, 0.5) is 0 Å². The molecule has 1 aromatic heterocycles. The zero-order valence-electron chi connectivity index (χ0n) is 10.00. The van der Waals surface area contributed by atoms with Crippen LogP contribution in [0, 0.1) is 0 Å².